The Kier molecular flexibility index (Phi) is 4.25. The van der Waals surface area contributed by atoms with Crippen molar-refractivity contribution in [2.45, 2.75) is 11.6 Å². The highest BCUT2D eigenvalue weighted by molar-refractivity contribution is 5.39. The Balaban J connectivity index is 2.00. The van der Waals surface area contributed by atoms with Crippen LogP contribution in [0.4, 0.5) is 0 Å². The largest absolute Gasteiger partial charge is 0.378 e. The van der Waals surface area contributed by atoms with Gasteiger partial charge in [0.1, 0.15) is 11.6 Å². The zero-order valence-electron chi connectivity index (χ0n) is 13.9. The summed E-state index contributed by atoms with van der Waals surface area (Å²) in [7, 11) is 0. The molecule has 0 spiro atoms. The average molecular weight is 343 g/mol. The number of hydrogen-bond donors (Lipinski definition) is 1. The second-order valence-corrected chi connectivity index (χ2v) is 5.95. The summed E-state index contributed by atoms with van der Waals surface area (Å²) in [5.74, 6) is 0. The highest BCUT2D eigenvalue weighted by Gasteiger charge is 2.43. The van der Waals surface area contributed by atoms with Crippen molar-refractivity contribution in [1.82, 2.24) is 25.0 Å². The van der Waals surface area contributed by atoms with Crippen molar-refractivity contribution >= 4 is 0 Å². The lowest BCUT2D eigenvalue weighted by Gasteiger charge is -2.36. The SMILES string of the molecule is OC(c1cccnc1)(c1cccnc1)C(c1ccccc1)n1ccnn1. The minimum Gasteiger partial charge on any atom is -0.378 e. The van der Waals surface area contributed by atoms with Crippen LogP contribution in [0.2, 0.25) is 0 Å². The van der Waals surface area contributed by atoms with Crippen LogP contribution in [0.25, 0.3) is 0 Å². The molecule has 0 aliphatic carbocycles. The maximum absolute atomic E-state index is 12.1. The van der Waals surface area contributed by atoms with Gasteiger partial charge in [-0.3, -0.25) is 9.97 Å². The van der Waals surface area contributed by atoms with E-state index < -0.39 is 11.6 Å². The zero-order chi connectivity index (χ0) is 17.8. The van der Waals surface area contributed by atoms with E-state index in [1.165, 1.54) is 0 Å². The Morgan fingerprint density at radius 1 is 0.808 bits per heavy atom. The minimum atomic E-state index is -1.43. The molecule has 1 aromatic carbocycles. The number of aromatic nitrogens is 5. The van der Waals surface area contributed by atoms with E-state index in [1.807, 2.05) is 42.5 Å². The molecule has 128 valence electrons. The Morgan fingerprint density at radius 3 is 1.96 bits per heavy atom. The molecule has 0 radical (unpaired) electrons. The summed E-state index contributed by atoms with van der Waals surface area (Å²) in [6, 6.07) is 16.5. The summed E-state index contributed by atoms with van der Waals surface area (Å²) < 4.78 is 1.66. The van der Waals surface area contributed by atoms with Crippen molar-refractivity contribution in [3.05, 3.63) is 108 Å². The molecule has 6 heteroatoms. The molecular formula is C20H17N5O. The molecule has 0 fully saturated rings. The average Bonchev–Trinajstić information content (AvgIpc) is 3.24. The first-order chi connectivity index (χ1) is 12.8. The van der Waals surface area contributed by atoms with Gasteiger partial charge in [0.05, 0.1) is 6.20 Å². The van der Waals surface area contributed by atoms with E-state index >= 15 is 0 Å². The smallest absolute Gasteiger partial charge is 0.144 e. The topological polar surface area (TPSA) is 76.7 Å². The fourth-order valence-corrected chi connectivity index (χ4v) is 3.23. The number of rotatable bonds is 5. The number of pyridine rings is 2. The molecule has 1 unspecified atom stereocenters. The molecule has 26 heavy (non-hydrogen) atoms. The third-order valence-electron chi connectivity index (χ3n) is 4.42. The second-order valence-electron chi connectivity index (χ2n) is 5.95. The summed E-state index contributed by atoms with van der Waals surface area (Å²) in [6.45, 7) is 0. The highest BCUT2D eigenvalue weighted by Crippen LogP contribution is 2.42. The maximum atomic E-state index is 12.1. The van der Waals surface area contributed by atoms with Crippen LogP contribution in [0.5, 0.6) is 0 Å². The Hall–Kier alpha value is -3.38. The maximum Gasteiger partial charge on any atom is 0.144 e. The van der Waals surface area contributed by atoms with Crippen molar-refractivity contribution in [2.24, 2.45) is 0 Å². The predicted octanol–water partition coefficient (Wildman–Crippen LogP) is 2.59. The van der Waals surface area contributed by atoms with Crippen LogP contribution in [0.15, 0.2) is 91.8 Å². The van der Waals surface area contributed by atoms with Crippen LogP contribution in [0, 0.1) is 0 Å². The fraction of sp³-hybridized carbons (Fsp3) is 0.100. The first kappa shape index (κ1) is 16.1. The van der Waals surface area contributed by atoms with E-state index in [0.717, 1.165) is 5.56 Å². The van der Waals surface area contributed by atoms with Crippen LogP contribution < -0.4 is 0 Å². The molecule has 1 N–H and O–H groups in total. The van der Waals surface area contributed by atoms with Gasteiger partial charge in [-0.2, -0.15) is 0 Å². The number of benzene rings is 1. The van der Waals surface area contributed by atoms with Crippen molar-refractivity contribution in [3.63, 3.8) is 0 Å². The van der Waals surface area contributed by atoms with E-state index in [1.54, 1.807) is 54.0 Å². The van der Waals surface area contributed by atoms with E-state index in [4.69, 9.17) is 0 Å². The molecule has 4 aromatic rings. The first-order valence-electron chi connectivity index (χ1n) is 8.24. The lowest BCUT2D eigenvalue weighted by Crippen LogP contribution is -2.39. The van der Waals surface area contributed by atoms with Crippen molar-refractivity contribution < 1.29 is 5.11 Å². The summed E-state index contributed by atoms with van der Waals surface area (Å²) in [5, 5.41) is 20.2. The van der Waals surface area contributed by atoms with Crippen molar-refractivity contribution in [2.75, 3.05) is 0 Å². The molecule has 0 saturated heterocycles. The van der Waals surface area contributed by atoms with Gasteiger partial charge in [-0.05, 0) is 17.7 Å². The molecule has 6 nitrogen and oxygen atoms in total. The van der Waals surface area contributed by atoms with Gasteiger partial charge in [-0.25, -0.2) is 4.68 Å². The third-order valence-corrected chi connectivity index (χ3v) is 4.42. The summed E-state index contributed by atoms with van der Waals surface area (Å²) >= 11 is 0. The normalized spacial score (nSPS) is 12.7. The van der Waals surface area contributed by atoms with Gasteiger partial charge in [0, 0.05) is 42.1 Å². The minimum absolute atomic E-state index is 0.542. The standard InChI is InChI=1S/C20H17N5O/c26-20(17-8-4-10-21-14-17,18-9-5-11-22-15-18)19(25-13-12-23-24-25)16-6-2-1-3-7-16/h1-15,19,26H. The molecule has 0 amide bonds. The molecule has 0 aliphatic heterocycles. The second kappa shape index (κ2) is 6.85. The van der Waals surface area contributed by atoms with Crippen LogP contribution in [0.1, 0.15) is 22.7 Å². The van der Waals surface area contributed by atoms with E-state index in [0.29, 0.717) is 11.1 Å². The van der Waals surface area contributed by atoms with Crippen molar-refractivity contribution in [1.29, 1.82) is 0 Å². The number of aliphatic hydroxyl groups is 1. The monoisotopic (exact) mass is 343 g/mol. The molecule has 3 heterocycles. The molecule has 4 rings (SSSR count). The van der Waals surface area contributed by atoms with Crippen molar-refractivity contribution in [3.8, 4) is 0 Å². The summed E-state index contributed by atoms with van der Waals surface area (Å²) in [4.78, 5) is 8.42. The first-order valence-corrected chi connectivity index (χ1v) is 8.24. The zero-order valence-corrected chi connectivity index (χ0v) is 13.9. The van der Waals surface area contributed by atoms with E-state index in [-0.39, 0.29) is 0 Å². The van der Waals surface area contributed by atoms with E-state index in [9.17, 15) is 5.11 Å². The van der Waals surface area contributed by atoms with Gasteiger partial charge in [0.25, 0.3) is 0 Å². The summed E-state index contributed by atoms with van der Waals surface area (Å²) in [5.41, 5.74) is 0.764. The quantitative estimate of drug-likeness (QED) is 0.603. The molecule has 1 atom stereocenters. The molecule has 3 aromatic heterocycles. The summed E-state index contributed by atoms with van der Waals surface area (Å²) in [6.07, 6.45) is 10.0. The van der Waals surface area contributed by atoms with Crippen LogP contribution in [-0.2, 0) is 5.60 Å². The number of hydrogen-bond acceptors (Lipinski definition) is 5. The fourth-order valence-electron chi connectivity index (χ4n) is 3.23. The van der Waals surface area contributed by atoms with Crippen LogP contribution in [-0.4, -0.2) is 30.1 Å². The highest BCUT2D eigenvalue weighted by atomic mass is 16.3. The van der Waals surface area contributed by atoms with Crippen LogP contribution in [0.3, 0.4) is 0 Å². The van der Waals surface area contributed by atoms with Gasteiger partial charge in [-0.15, -0.1) is 5.10 Å². The van der Waals surface area contributed by atoms with Gasteiger partial charge < -0.3 is 5.11 Å². The molecule has 0 bridgehead atoms. The number of nitrogens with zero attached hydrogens (tertiary/aromatic N) is 5. The Labute approximate surface area is 150 Å². The molecular weight excluding hydrogens is 326 g/mol. The van der Waals surface area contributed by atoms with E-state index in [2.05, 4.69) is 20.3 Å². The van der Waals surface area contributed by atoms with Crippen LogP contribution >= 0.6 is 0 Å². The van der Waals surface area contributed by atoms with Gasteiger partial charge in [-0.1, -0.05) is 47.7 Å². The third kappa shape index (κ3) is 2.76. The van der Waals surface area contributed by atoms with Gasteiger partial charge in [0.2, 0.25) is 0 Å². The van der Waals surface area contributed by atoms with Gasteiger partial charge in [0.15, 0.2) is 0 Å². The molecule has 0 saturated carbocycles. The predicted molar refractivity (Wildman–Crippen MR) is 96.1 cm³/mol. The lowest BCUT2D eigenvalue weighted by molar-refractivity contribution is 0.0323. The molecule has 0 aliphatic rings. The Morgan fingerprint density at radius 2 is 1.46 bits per heavy atom. The van der Waals surface area contributed by atoms with Gasteiger partial charge >= 0.3 is 0 Å². The Bertz CT molecular complexity index is 904. The lowest BCUT2D eigenvalue weighted by atomic mass is 9.78.